The summed E-state index contributed by atoms with van der Waals surface area (Å²) in [6.07, 6.45) is 1.53. The first-order valence-corrected chi connectivity index (χ1v) is 10.0. The normalized spacial score (nSPS) is 15.4. The number of phenolic OH excluding ortho intramolecular Hbond substituents is 1. The van der Waals surface area contributed by atoms with E-state index in [2.05, 4.69) is 15.9 Å². The number of benzene rings is 2. The number of carbonyl (C=O) groups excluding carboxylic acids is 2. The molecular formula is C23H22BrNO4. The standard InChI is InChI=1S/C23H22BrNO4/c1-5-29-23(28)21-15(4)25(18-8-6-13(2)14(3)10-18)22(27)19(21)12-16-11-17(24)7-9-20(16)26/h6-12,26H,5H2,1-4H3/b19-12-. The van der Waals surface area contributed by atoms with Crippen LogP contribution in [-0.4, -0.2) is 23.6 Å². The van der Waals surface area contributed by atoms with Gasteiger partial charge in [0.15, 0.2) is 0 Å². The van der Waals surface area contributed by atoms with Gasteiger partial charge in [0.2, 0.25) is 0 Å². The first kappa shape index (κ1) is 20.9. The van der Waals surface area contributed by atoms with Crippen molar-refractivity contribution in [2.75, 3.05) is 11.5 Å². The first-order chi connectivity index (χ1) is 13.7. The maximum Gasteiger partial charge on any atom is 0.340 e. The molecule has 6 heteroatoms. The van der Waals surface area contributed by atoms with Gasteiger partial charge in [-0.2, -0.15) is 0 Å². The Hall–Kier alpha value is -2.86. The Morgan fingerprint density at radius 3 is 2.52 bits per heavy atom. The van der Waals surface area contributed by atoms with Gasteiger partial charge in [0, 0.05) is 21.4 Å². The van der Waals surface area contributed by atoms with Crippen LogP contribution < -0.4 is 4.90 Å². The number of aryl methyl sites for hydroxylation is 2. The van der Waals surface area contributed by atoms with E-state index in [9.17, 15) is 14.7 Å². The number of anilines is 1. The average molecular weight is 456 g/mol. The molecule has 5 nitrogen and oxygen atoms in total. The van der Waals surface area contributed by atoms with Gasteiger partial charge in [-0.15, -0.1) is 0 Å². The van der Waals surface area contributed by atoms with Crippen molar-refractivity contribution in [3.05, 3.63) is 74.4 Å². The zero-order chi connectivity index (χ0) is 21.3. The summed E-state index contributed by atoms with van der Waals surface area (Å²) >= 11 is 3.37. The smallest absolute Gasteiger partial charge is 0.340 e. The van der Waals surface area contributed by atoms with Crippen LogP contribution in [0.4, 0.5) is 5.69 Å². The minimum absolute atomic E-state index is 0.0130. The van der Waals surface area contributed by atoms with Gasteiger partial charge >= 0.3 is 5.97 Å². The Morgan fingerprint density at radius 1 is 1.14 bits per heavy atom. The number of amides is 1. The van der Waals surface area contributed by atoms with Crippen LogP contribution in [0, 0.1) is 13.8 Å². The molecule has 2 aromatic carbocycles. The molecule has 1 N–H and O–H groups in total. The lowest BCUT2D eigenvalue weighted by Gasteiger charge is -2.19. The molecule has 0 aliphatic carbocycles. The molecular weight excluding hydrogens is 434 g/mol. The molecule has 29 heavy (non-hydrogen) atoms. The lowest BCUT2D eigenvalue weighted by atomic mass is 10.0. The molecule has 0 spiro atoms. The van der Waals surface area contributed by atoms with Gasteiger partial charge in [-0.1, -0.05) is 22.0 Å². The fourth-order valence-electron chi connectivity index (χ4n) is 3.25. The molecule has 0 unspecified atom stereocenters. The van der Waals surface area contributed by atoms with Crippen LogP contribution >= 0.6 is 15.9 Å². The van der Waals surface area contributed by atoms with Crippen LogP contribution in [0.1, 0.15) is 30.5 Å². The van der Waals surface area contributed by atoms with Crippen LogP contribution in [0.5, 0.6) is 5.75 Å². The molecule has 0 saturated heterocycles. The van der Waals surface area contributed by atoms with E-state index >= 15 is 0 Å². The highest BCUT2D eigenvalue weighted by Gasteiger charge is 2.38. The summed E-state index contributed by atoms with van der Waals surface area (Å²) in [6.45, 7) is 7.61. The van der Waals surface area contributed by atoms with Gasteiger partial charge in [-0.05, 0) is 75.2 Å². The van der Waals surface area contributed by atoms with E-state index in [0.717, 1.165) is 15.6 Å². The number of rotatable bonds is 4. The van der Waals surface area contributed by atoms with Crippen molar-refractivity contribution in [2.24, 2.45) is 0 Å². The molecule has 2 aromatic rings. The van der Waals surface area contributed by atoms with Gasteiger partial charge in [-0.3, -0.25) is 9.69 Å². The maximum absolute atomic E-state index is 13.3. The third-order valence-corrected chi connectivity index (χ3v) is 5.41. The van der Waals surface area contributed by atoms with Crippen LogP contribution in [0.25, 0.3) is 6.08 Å². The molecule has 150 valence electrons. The van der Waals surface area contributed by atoms with E-state index in [1.807, 2.05) is 32.0 Å². The Kier molecular flexibility index (Phi) is 5.94. The quantitative estimate of drug-likeness (QED) is 0.517. The van der Waals surface area contributed by atoms with E-state index in [-0.39, 0.29) is 29.4 Å². The lowest BCUT2D eigenvalue weighted by molar-refractivity contribution is -0.138. The van der Waals surface area contributed by atoms with Crippen molar-refractivity contribution in [1.29, 1.82) is 0 Å². The van der Waals surface area contributed by atoms with E-state index < -0.39 is 5.97 Å². The molecule has 1 heterocycles. The highest BCUT2D eigenvalue weighted by Crippen LogP contribution is 2.37. The van der Waals surface area contributed by atoms with Crippen LogP contribution in [0.15, 0.2) is 57.7 Å². The van der Waals surface area contributed by atoms with E-state index in [1.54, 1.807) is 26.0 Å². The summed E-state index contributed by atoms with van der Waals surface area (Å²) in [4.78, 5) is 27.5. The number of allylic oxidation sites excluding steroid dienone is 1. The summed E-state index contributed by atoms with van der Waals surface area (Å²) in [5.41, 5.74) is 4.16. The molecule has 0 fully saturated rings. The van der Waals surface area contributed by atoms with Gasteiger partial charge in [0.05, 0.1) is 17.8 Å². The monoisotopic (exact) mass is 455 g/mol. The number of hydrogen-bond acceptors (Lipinski definition) is 4. The van der Waals surface area contributed by atoms with E-state index in [1.165, 1.54) is 17.0 Å². The highest BCUT2D eigenvalue weighted by molar-refractivity contribution is 9.10. The molecule has 0 radical (unpaired) electrons. The summed E-state index contributed by atoms with van der Waals surface area (Å²) in [6, 6.07) is 10.6. The van der Waals surface area contributed by atoms with Gasteiger partial charge in [0.25, 0.3) is 5.91 Å². The van der Waals surface area contributed by atoms with Crippen LogP contribution in [0.3, 0.4) is 0 Å². The number of nitrogens with zero attached hydrogens (tertiary/aromatic N) is 1. The van der Waals surface area contributed by atoms with E-state index in [0.29, 0.717) is 16.9 Å². The number of phenols is 1. The Labute approximate surface area is 178 Å². The topological polar surface area (TPSA) is 66.8 Å². The van der Waals surface area contributed by atoms with Crippen molar-refractivity contribution < 1.29 is 19.4 Å². The zero-order valence-corrected chi connectivity index (χ0v) is 18.3. The Bertz CT molecular complexity index is 1070. The summed E-state index contributed by atoms with van der Waals surface area (Å²) < 4.78 is 5.95. The molecule has 1 aliphatic rings. The number of esters is 1. The van der Waals surface area contributed by atoms with Crippen molar-refractivity contribution >= 4 is 39.6 Å². The van der Waals surface area contributed by atoms with Gasteiger partial charge < -0.3 is 9.84 Å². The highest BCUT2D eigenvalue weighted by atomic mass is 79.9. The van der Waals surface area contributed by atoms with Crippen LogP contribution in [0.2, 0.25) is 0 Å². The van der Waals surface area contributed by atoms with Crippen LogP contribution in [-0.2, 0) is 14.3 Å². The fourth-order valence-corrected chi connectivity index (χ4v) is 3.63. The second-order valence-corrected chi connectivity index (χ2v) is 7.77. The fraction of sp³-hybridized carbons (Fsp3) is 0.217. The lowest BCUT2D eigenvalue weighted by Crippen LogP contribution is -2.24. The Morgan fingerprint density at radius 2 is 1.86 bits per heavy atom. The molecule has 0 bridgehead atoms. The SMILES string of the molecule is CCOC(=O)C1=C(C)N(c2ccc(C)c(C)c2)C(=O)/C1=C\c1cc(Br)ccc1O. The zero-order valence-electron chi connectivity index (χ0n) is 16.7. The summed E-state index contributed by atoms with van der Waals surface area (Å²) in [5, 5.41) is 10.2. The molecule has 1 amide bonds. The minimum atomic E-state index is -0.564. The number of hydrogen-bond donors (Lipinski definition) is 1. The van der Waals surface area contributed by atoms with Crippen molar-refractivity contribution in [3.8, 4) is 5.75 Å². The largest absolute Gasteiger partial charge is 0.507 e. The number of carbonyl (C=O) groups is 2. The number of halogens is 1. The summed E-state index contributed by atoms with van der Waals surface area (Å²) in [5.74, 6) is -0.891. The Balaban J connectivity index is 2.18. The molecule has 0 saturated carbocycles. The number of ether oxygens (including phenoxy) is 1. The number of aromatic hydroxyl groups is 1. The van der Waals surface area contributed by atoms with Gasteiger partial charge in [0.1, 0.15) is 5.75 Å². The maximum atomic E-state index is 13.3. The van der Waals surface area contributed by atoms with Crippen molar-refractivity contribution in [3.63, 3.8) is 0 Å². The second-order valence-electron chi connectivity index (χ2n) is 6.85. The van der Waals surface area contributed by atoms with Crippen molar-refractivity contribution in [1.82, 2.24) is 0 Å². The predicted molar refractivity (Wildman–Crippen MR) is 117 cm³/mol. The average Bonchev–Trinajstić information content (AvgIpc) is 2.91. The molecule has 3 rings (SSSR count). The van der Waals surface area contributed by atoms with E-state index in [4.69, 9.17) is 4.74 Å². The molecule has 0 atom stereocenters. The first-order valence-electron chi connectivity index (χ1n) is 9.24. The predicted octanol–water partition coefficient (Wildman–Crippen LogP) is 5.04. The molecule has 0 aromatic heterocycles. The third kappa shape index (κ3) is 3.98. The molecule has 1 aliphatic heterocycles. The second kappa shape index (κ2) is 8.25. The third-order valence-electron chi connectivity index (χ3n) is 4.92. The van der Waals surface area contributed by atoms with Gasteiger partial charge in [-0.25, -0.2) is 4.79 Å². The summed E-state index contributed by atoms with van der Waals surface area (Å²) in [7, 11) is 0. The minimum Gasteiger partial charge on any atom is -0.507 e. The van der Waals surface area contributed by atoms with Crippen molar-refractivity contribution in [2.45, 2.75) is 27.7 Å².